The predicted molar refractivity (Wildman–Crippen MR) is 94.0 cm³/mol. The van der Waals surface area contributed by atoms with Gasteiger partial charge in [0.1, 0.15) is 0 Å². The van der Waals surface area contributed by atoms with E-state index >= 15 is 0 Å². The standard InChI is InChI=1S/C19H26N4/c1-2-10-22-19(4-1)15-21-14-17-5-7-18(8-6-17)16-23-12-3-9-20-11-13-23/h1-2,4-8,10,20-21H,3,9,11-16H2. The maximum atomic E-state index is 4.32. The van der Waals surface area contributed by atoms with Crippen LogP contribution in [0, 0.1) is 0 Å². The quantitative estimate of drug-likeness (QED) is 0.858. The monoisotopic (exact) mass is 310 g/mol. The molecule has 1 fully saturated rings. The first-order chi connectivity index (χ1) is 11.4. The Morgan fingerprint density at radius 2 is 1.83 bits per heavy atom. The van der Waals surface area contributed by atoms with E-state index in [1.165, 1.54) is 24.1 Å². The van der Waals surface area contributed by atoms with Gasteiger partial charge in [0.2, 0.25) is 0 Å². The number of nitrogens with zero attached hydrogens (tertiary/aromatic N) is 2. The molecule has 1 aliphatic rings. The molecule has 2 aromatic rings. The number of benzene rings is 1. The highest BCUT2D eigenvalue weighted by Crippen LogP contribution is 2.09. The van der Waals surface area contributed by atoms with Crippen LogP contribution in [0.3, 0.4) is 0 Å². The van der Waals surface area contributed by atoms with Crippen molar-refractivity contribution in [1.29, 1.82) is 0 Å². The van der Waals surface area contributed by atoms with Crippen molar-refractivity contribution in [3.63, 3.8) is 0 Å². The van der Waals surface area contributed by atoms with Crippen LogP contribution < -0.4 is 10.6 Å². The van der Waals surface area contributed by atoms with Gasteiger partial charge in [0, 0.05) is 38.9 Å². The number of hydrogen-bond acceptors (Lipinski definition) is 4. The Balaban J connectivity index is 1.45. The van der Waals surface area contributed by atoms with E-state index < -0.39 is 0 Å². The summed E-state index contributed by atoms with van der Waals surface area (Å²) in [6.45, 7) is 7.35. The summed E-state index contributed by atoms with van der Waals surface area (Å²) < 4.78 is 0. The highest BCUT2D eigenvalue weighted by atomic mass is 15.1. The SMILES string of the molecule is c1ccc(CNCc2ccc(CN3CCCNCC3)cc2)nc1. The Morgan fingerprint density at radius 1 is 0.957 bits per heavy atom. The summed E-state index contributed by atoms with van der Waals surface area (Å²) in [5, 5.41) is 6.90. The van der Waals surface area contributed by atoms with E-state index in [0.717, 1.165) is 45.0 Å². The molecule has 0 aliphatic carbocycles. The molecule has 23 heavy (non-hydrogen) atoms. The molecule has 0 atom stereocenters. The molecule has 0 bridgehead atoms. The van der Waals surface area contributed by atoms with E-state index in [1.54, 1.807) is 0 Å². The van der Waals surface area contributed by atoms with Gasteiger partial charge < -0.3 is 10.6 Å². The zero-order chi connectivity index (χ0) is 15.7. The van der Waals surface area contributed by atoms with E-state index in [4.69, 9.17) is 0 Å². The van der Waals surface area contributed by atoms with Crippen molar-refractivity contribution in [3.05, 3.63) is 65.5 Å². The molecule has 2 N–H and O–H groups in total. The summed E-state index contributed by atoms with van der Waals surface area (Å²) in [5.74, 6) is 0. The Morgan fingerprint density at radius 3 is 2.65 bits per heavy atom. The summed E-state index contributed by atoms with van der Waals surface area (Å²) in [6.07, 6.45) is 3.08. The number of aromatic nitrogens is 1. The minimum Gasteiger partial charge on any atom is -0.315 e. The molecule has 2 heterocycles. The summed E-state index contributed by atoms with van der Waals surface area (Å²) in [7, 11) is 0. The maximum absolute atomic E-state index is 4.32. The Bertz CT molecular complexity index is 560. The summed E-state index contributed by atoms with van der Waals surface area (Å²) in [4.78, 5) is 6.86. The van der Waals surface area contributed by atoms with Crippen LogP contribution in [-0.2, 0) is 19.6 Å². The number of nitrogens with one attached hydrogen (secondary N) is 2. The first-order valence-electron chi connectivity index (χ1n) is 8.52. The highest BCUT2D eigenvalue weighted by molar-refractivity contribution is 5.22. The molecule has 1 saturated heterocycles. The number of pyridine rings is 1. The van der Waals surface area contributed by atoms with Crippen molar-refractivity contribution in [3.8, 4) is 0 Å². The fraction of sp³-hybridized carbons (Fsp3) is 0.421. The molecule has 1 aromatic carbocycles. The van der Waals surface area contributed by atoms with Crippen LogP contribution in [0.4, 0.5) is 0 Å². The van der Waals surface area contributed by atoms with E-state index in [9.17, 15) is 0 Å². The van der Waals surface area contributed by atoms with Gasteiger partial charge in [-0.25, -0.2) is 0 Å². The molecule has 1 aromatic heterocycles. The van der Waals surface area contributed by atoms with E-state index in [0.29, 0.717) is 0 Å². The summed E-state index contributed by atoms with van der Waals surface area (Å²) >= 11 is 0. The zero-order valence-electron chi connectivity index (χ0n) is 13.7. The van der Waals surface area contributed by atoms with Gasteiger partial charge in [0.25, 0.3) is 0 Å². The Kier molecular flexibility index (Phi) is 6.15. The largest absolute Gasteiger partial charge is 0.315 e. The first kappa shape index (κ1) is 16.1. The lowest BCUT2D eigenvalue weighted by Crippen LogP contribution is -2.27. The smallest absolute Gasteiger partial charge is 0.0541 e. The van der Waals surface area contributed by atoms with Crippen LogP contribution >= 0.6 is 0 Å². The van der Waals surface area contributed by atoms with Crippen molar-refractivity contribution in [2.24, 2.45) is 0 Å². The lowest BCUT2D eigenvalue weighted by molar-refractivity contribution is 0.284. The van der Waals surface area contributed by atoms with Gasteiger partial charge in [0.05, 0.1) is 5.69 Å². The summed E-state index contributed by atoms with van der Waals surface area (Å²) in [6, 6.07) is 15.0. The molecular formula is C19H26N4. The Hall–Kier alpha value is -1.75. The van der Waals surface area contributed by atoms with E-state index in [2.05, 4.69) is 44.8 Å². The van der Waals surface area contributed by atoms with Gasteiger partial charge in [0.15, 0.2) is 0 Å². The van der Waals surface area contributed by atoms with E-state index in [-0.39, 0.29) is 0 Å². The summed E-state index contributed by atoms with van der Waals surface area (Å²) in [5.41, 5.74) is 3.81. The third kappa shape index (κ3) is 5.43. The molecule has 3 rings (SSSR count). The third-order valence-electron chi connectivity index (χ3n) is 4.22. The van der Waals surface area contributed by atoms with Gasteiger partial charge in [-0.2, -0.15) is 0 Å². The van der Waals surface area contributed by atoms with Gasteiger partial charge in [-0.3, -0.25) is 9.88 Å². The molecule has 0 saturated carbocycles. The number of hydrogen-bond donors (Lipinski definition) is 2. The Labute approximate surface area is 138 Å². The van der Waals surface area contributed by atoms with Crippen LogP contribution in [-0.4, -0.2) is 36.1 Å². The normalized spacial score (nSPS) is 16.2. The van der Waals surface area contributed by atoms with Gasteiger partial charge >= 0.3 is 0 Å². The molecule has 0 radical (unpaired) electrons. The van der Waals surface area contributed by atoms with Gasteiger partial charge in [-0.05, 0) is 42.8 Å². The van der Waals surface area contributed by atoms with Crippen molar-refractivity contribution in [2.75, 3.05) is 26.2 Å². The van der Waals surface area contributed by atoms with Crippen LogP contribution in [0.25, 0.3) is 0 Å². The van der Waals surface area contributed by atoms with Crippen LogP contribution in [0.2, 0.25) is 0 Å². The molecule has 0 spiro atoms. The van der Waals surface area contributed by atoms with Crippen molar-refractivity contribution >= 4 is 0 Å². The van der Waals surface area contributed by atoms with Gasteiger partial charge in [-0.15, -0.1) is 0 Å². The second-order valence-corrected chi connectivity index (χ2v) is 6.12. The minimum atomic E-state index is 0.809. The first-order valence-corrected chi connectivity index (χ1v) is 8.52. The molecule has 0 amide bonds. The fourth-order valence-corrected chi connectivity index (χ4v) is 2.92. The maximum Gasteiger partial charge on any atom is 0.0541 e. The lowest BCUT2D eigenvalue weighted by atomic mass is 10.1. The van der Waals surface area contributed by atoms with Crippen molar-refractivity contribution in [2.45, 2.75) is 26.1 Å². The molecule has 0 unspecified atom stereocenters. The second-order valence-electron chi connectivity index (χ2n) is 6.12. The van der Waals surface area contributed by atoms with E-state index in [1.807, 2.05) is 24.4 Å². The topological polar surface area (TPSA) is 40.2 Å². The lowest BCUT2D eigenvalue weighted by Gasteiger charge is -2.19. The van der Waals surface area contributed by atoms with Crippen LogP contribution in [0.1, 0.15) is 23.2 Å². The average Bonchev–Trinajstić information content (AvgIpc) is 2.86. The predicted octanol–water partition coefficient (Wildman–Crippen LogP) is 2.17. The molecular weight excluding hydrogens is 284 g/mol. The minimum absolute atomic E-state index is 0.809. The molecule has 122 valence electrons. The molecule has 1 aliphatic heterocycles. The van der Waals surface area contributed by atoms with Crippen molar-refractivity contribution < 1.29 is 0 Å². The second kappa shape index (κ2) is 8.77. The number of rotatable bonds is 6. The van der Waals surface area contributed by atoms with Crippen LogP contribution in [0.15, 0.2) is 48.7 Å². The van der Waals surface area contributed by atoms with Gasteiger partial charge in [-0.1, -0.05) is 30.3 Å². The zero-order valence-corrected chi connectivity index (χ0v) is 13.7. The average molecular weight is 310 g/mol. The third-order valence-corrected chi connectivity index (χ3v) is 4.22. The molecule has 4 nitrogen and oxygen atoms in total. The van der Waals surface area contributed by atoms with Crippen LogP contribution in [0.5, 0.6) is 0 Å². The highest BCUT2D eigenvalue weighted by Gasteiger charge is 2.08. The fourth-order valence-electron chi connectivity index (χ4n) is 2.92. The van der Waals surface area contributed by atoms with Crippen molar-refractivity contribution in [1.82, 2.24) is 20.5 Å². The molecule has 4 heteroatoms.